The second kappa shape index (κ2) is 6.70. The van der Waals surface area contributed by atoms with Crippen molar-refractivity contribution in [3.63, 3.8) is 0 Å². The molecular weight excluding hydrogens is 236 g/mol. The summed E-state index contributed by atoms with van der Waals surface area (Å²) in [5.41, 5.74) is 0. The minimum Gasteiger partial charge on any atom is -0.479 e. The highest BCUT2D eigenvalue weighted by Gasteiger charge is 2.35. The number of carbonyl (C=O) groups is 2. The van der Waals surface area contributed by atoms with E-state index in [1.165, 1.54) is 0 Å². The van der Waals surface area contributed by atoms with E-state index < -0.39 is 18.2 Å². The Hall–Kier alpha value is -1.14. The van der Waals surface area contributed by atoms with Gasteiger partial charge < -0.3 is 19.6 Å². The molecule has 0 aromatic rings. The van der Waals surface area contributed by atoms with Crippen molar-refractivity contribution in [1.29, 1.82) is 0 Å². The topological polar surface area (TPSA) is 70.1 Å². The Morgan fingerprint density at radius 3 is 2.28 bits per heavy atom. The van der Waals surface area contributed by atoms with Gasteiger partial charge in [0.15, 0.2) is 6.10 Å². The number of carbonyl (C=O) groups excluding carboxylic acids is 1. The van der Waals surface area contributed by atoms with Crippen LogP contribution in [0.2, 0.25) is 0 Å². The van der Waals surface area contributed by atoms with E-state index in [0.717, 1.165) is 13.0 Å². The van der Waals surface area contributed by atoms with Crippen LogP contribution in [0, 0.1) is 0 Å². The van der Waals surface area contributed by atoms with Crippen molar-refractivity contribution in [3.8, 4) is 0 Å². The van der Waals surface area contributed by atoms with Crippen molar-refractivity contribution in [2.75, 3.05) is 34.2 Å². The summed E-state index contributed by atoms with van der Waals surface area (Å²) in [5.74, 6) is -1.10. The predicted octanol–water partition coefficient (Wildman–Crippen LogP) is 0.0287. The van der Waals surface area contributed by atoms with Gasteiger partial charge in [-0.3, -0.25) is 4.79 Å². The van der Waals surface area contributed by atoms with Crippen LogP contribution in [-0.4, -0.2) is 73.2 Å². The highest BCUT2D eigenvalue weighted by molar-refractivity contribution is 5.82. The highest BCUT2D eigenvalue weighted by atomic mass is 16.5. The van der Waals surface area contributed by atoms with Gasteiger partial charge in [-0.25, -0.2) is 4.79 Å². The maximum Gasteiger partial charge on any atom is 0.332 e. The molecule has 0 aromatic heterocycles. The number of carboxylic acid groups (broad SMARTS) is 1. The number of amides is 1. The Bertz CT molecular complexity index is 306. The average molecular weight is 258 g/mol. The summed E-state index contributed by atoms with van der Waals surface area (Å²) in [6.45, 7) is 1.58. The quantitative estimate of drug-likeness (QED) is 0.728. The first-order valence-electron chi connectivity index (χ1n) is 6.19. The summed E-state index contributed by atoms with van der Waals surface area (Å²) in [4.78, 5) is 26.4. The van der Waals surface area contributed by atoms with Gasteiger partial charge in [0.25, 0.3) is 5.91 Å². The van der Waals surface area contributed by atoms with Crippen molar-refractivity contribution >= 4 is 11.9 Å². The Balaban J connectivity index is 2.33. The van der Waals surface area contributed by atoms with E-state index in [2.05, 4.69) is 4.90 Å². The molecule has 1 aliphatic heterocycles. The molecule has 0 radical (unpaired) electrons. The van der Waals surface area contributed by atoms with Crippen LogP contribution in [0.1, 0.15) is 19.3 Å². The van der Waals surface area contributed by atoms with Crippen LogP contribution >= 0.6 is 0 Å². The summed E-state index contributed by atoms with van der Waals surface area (Å²) in [5, 5.41) is 8.80. The van der Waals surface area contributed by atoms with E-state index >= 15 is 0 Å². The fourth-order valence-corrected chi connectivity index (χ4v) is 1.98. The largest absolute Gasteiger partial charge is 0.479 e. The summed E-state index contributed by atoms with van der Waals surface area (Å²) in [6, 6.07) is 0. The maximum atomic E-state index is 12.0. The van der Waals surface area contributed by atoms with E-state index in [1.807, 2.05) is 14.1 Å². The molecule has 1 amide bonds. The zero-order valence-corrected chi connectivity index (χ0v) is 11.3. The number of likely N-dealkylation sites (N-methyl/N-ethyl adjacent to an activating group) is 1. The van der Waals surface area contributed by atoms with Gasteiger partial charge in [-0.15, -0.1) is 0 Å². The standard InChI is InChI=1S/C12H22N2O4/c1-13(2)7-4-8-14(3)11(15)9-5-6-10(18-9)12(16)17/h9-10H,4-8H2,1-3H3,(H,16,17)/t9-,10+/m0/s1. The molecule has 0 aliphatic carbocycles. The molecule has 0 unspecified atom stereocenters. The van der Waals surface area contributed by atoms with E-state index in [1.54, 1.807) is 11.9 Å². The SMILES string of the molecule is CN(C)CCCN(C)C(=O)[C@@H]1CC[C@H](C(=O)O)O1. The van der Waals surface area contributed by atoms with Crippen LogP contribution in [0.25, 0.3) is 0 Å². The minimum atomic E-state index is -0.986. The zero-order chi connectivity index (χ0) is 13.7. The number of nitrogens with zero attached hydrogens (tertiary/aromatic N) is 2. The predicted molar refractivity (Wildman–Crippen MR) is 66.3 cm³/mol. The van der Waals surface area contributed by atoms with E-state index in [-0.39, 0.29) is 5.91 Å². The molecule has 6 nitrogen and oxygen atoms in total. The van der Waals surface area contributed by atoms with Crippen molar-refractivity contribution < 1.29 is 19.4 Å². The Kier molecular flexibility index (Phi) is 5.55. The number of hydrogen-bond acceptors (Lipinski definition) is 4. The molecule has 1 fully saturated rings. The molecule has 6 heteroatoms. The van der Waals surface area contributed by atoms with Crippen LogP contribution in [0.15, 0.2) is 0 Å². The maximum absolute atomic E-state index is 12.0. The summed E-state index contributed by atoms with van der Waals surface area (Å²) < 4.78 is 5.23. The molecule has 0 spiro atoms. The smallest absolute Gasteiger partial charge is 0.332 e. The summed E-state index contributed by atoms with van der Waals surface area (Å²) in [6.07, 6.45) is 0.389. The van der Waals surface area contributed by atoms with Gasteiger partial charge in [0, 0.05) is 13.6 Å². The van der Waals surface area contributed by atoms with E-state index in [4.69, 9.17) is 9.84 Å². The second-order valence-electron chi connectivity index (χ2n) is 4.95. The van der Waals surface area contributed by atoms with Crippen molar-refractivity contribution in [2.24, 2.45) is 0 Å². The molecule has 1 aliphatic rings. The number of ether oxygens (including phenoxy) is 1. The lowest BCUT2D eigenvalue weighted by atomic mass is 10.2. The Morgan fingerprint density at radius 1 is 1.17 bits per heavy atom. The first-order chi connectivity index (χ1) is 8.41. The fourth-order valence-electron chi connectivity index (χ4n) is 1.98. The van der Waals surface area contributed by atoms with Crippen LogP contribution in [0.5, 0.6) is 0 Å². The van der Waals surface area contributed by atoms with Gasteiger partial charge in [-0.1, -0.05) is 0 Å². The lowest BCUT2D eigenvalue weighted by molar-refractivity contribution is -0.154. The van der Waals surface area contributed by atoms with Crippen molar-refractivity contribution in [2.45, 2.75) is 31.5 Å². The summed E-state index contributed by atoms with van der Waals surface area (Å²) >= 11 is 0. The van der Waals surface area contributed by atoms with Gasteiger partial charge in [0.1, 0.15) is 6.10 Å². The average Bonchev–Trinajstić information content (AvgIpc) is 2.76. The third-order valence-electron chi connectivity index (χ3n) is 3.05. The first kappa shape index (κ1) is 14.9. The van der Waals surface area contributed by atoms with Crippen molar-refractivity contribution in [3.05, 3.63) is 0 Å². The molecule has 104 valence electrons. The second-order valence-corrected chi connectivity index (χ2v) is 4.95. The molecular formula is C12H22N2O4. The monoisotopic (exact) mass is 258 g/mol. The molecule has 18 heavy (non-hydrogen) atoms. The third kappa shape index (κ3) is 4.27. The molecule has 1 saturated heterocycles. The van der Waals surface area contributed by atoms with Crippen LogP contribution < -0.4 is 0 Å². The minimum absolute atomic E-state index is 0.113. The first-order valence-corrected chi connectivity index (χ1v) is 6.19. The molecule has 1 N–H and O–H groups in total. The van der Waals surface area contributed by atoms with E-state index in [0.29, 0.717) is 19.4 Å². The molecule has 2 atom stereocenters. The summed E-state index contributed by atoms with van der Waals surface area (Å²) in [7, 11) is 5.70. The number of rotatable bonds is 6. The van der Waals surface area contributed by atoms with E-state index in [9.17, 15) is 9.59 Å². The number of hydrogen-bond donors (Lipinski definition) is 1. The van der Waals surface area contributed by atoms with Crippen LogP contribution in [0.4, 0.5) is 0 Å². The van der Waals surface area contributed by atoms with Gasteiger partial charge in [0.05, 0.1) is 0 Å². The lowest BCUT2D eigenvalue weighted by Gasteiger charge is -2.21. The molecule has 1 heterocycles. The van der Waals surface area contributed by atoms with Crippen LogP contribution in [-0.2, 0) is 14.3 Å². The Labute approximate surface area is 107 Å². The van der Waals surface area contributed by atoms with Gasteiger partial charge in [0.2, 0.25) is 0 Å². The Morgan fingerprint density at radius 2 is 1.78 bits per heavy atom. The molecule has 0 aromatic carbocycles. The third-order valence-corrected chi connectivity index (χ3v) is 3.05. The zero-order valence-electron chi connectivity index (χ0n) is 11.3. The van der Waals surface area contributed by atoms with Crippen LogP contribution in [0.3, 0.4) is 0 Å². The lowest BCUT2D eigenvalue weighted by Crippen LogP contribution is -2.38. The molecule has 0 bridgehead atoms. The number of aliphatic carboxylic acids is 1. The van der Waals surface area contributed by atoms with Crippen molar-refractivity contribution in [1.82, 2.24) is 9.80 Å². The van der Waals surface area contributed by atoms with Gasteiger partial charge in [-0.2, -0.15) is 0 Å². The van der Waals surface area contributed by atoms with Gasteiger partial charge in [-0.05, 0) is 39.9 Å². The normalized spacial score (nSPS) is 23.3. The highest BCUT2D eigenvalue weighted by Crippen LogP contribution is 2.21. The molecule has 0 saturated carbocycles. The molecule has 1 rings (SSSR count). The van der Waals surface area contributed by atoms with Gasteiger partial charge >= 0.3 is 5.97 Å². The number of carboxylic acids is 1. The fraction of sp³-hybridized carbons (Fsp3) is 0.833.